The summed E-state index contributed by atoms with van der Waals surface area (Å²) < 4.78 is 37.0. The molecule has 5 heterocycles. The predicted octanol–water partition coefficient (Wildman–Crippen LogP) is 3.95. The van der Waals surface area contributed by atoms with Crippen LogP contribution in [0.3, 0.4) is 0 Å². The second kappa shape index (κ2) is 11.8. The summed E-state index contributed by atoms with van der Waals surface area (Å²) in [5.41, 5.74) is 2.09. The Morgan fingerprint density at radius 1 is 1.07 bits per heavy atom. The Labute approximate surface area is 241 Å². The van der Waals surface area contributed by atoms with E-state index in [1.54, 1.807) is 13.2 Å². The van der Waals surface area contributed by atoms with Crippen molar-refractivity contribution in [2.24, 2.45) is 0 Å². The lowest BCUT2D eigenvalue weighted by atomic mass is 10.1. The number of benzene rings is 1. The third-order valence-electron chi connectivity index (χ3n) is 7.80. The molecular weight excluding hydrogens is 546 g/mol. The lowest BCUT2D eigenvalue weighted by molar-refractivity contribution is 0.132. The normalized spacial score (nSPS) is 17.9. The zero-order valence-corrected chi connectivity index (χ0v) is 23.2. The molecule has 11 nitrogen and oxygen atoms in total. The van der Waals surface area contributed by atoms with Crippen molar-refractivity contribution >= 4 is 23.4 Å². The first-order valence-electron chi connectivity index (χ1n) is 13.9. The van der Waals surface area contributed by atoms with Crippen LogP contribution in [-0.2, 0) is 6.54 Å². The topological polar surface area (TPSA) is 111 Å². The van der Waals surface area contributed by atoms with Crippen LogP contribution in [0.15, 0.2) is 48.8 Å². The van der Waals surface area contributed by atoms with Crippen LogP contribution in [0.1, 0.15) is 18.4 Å². The van der Waals surface area contributed by atoms with Crippen LogP contribution in [0.4, 0.5) is 25.2 Å². The molecule has 2 N–H and O–H groups in total. The number of ether oxygens (including phenoxy) is 1. The number of rotatable bonds is 7. The van der Waals surface area contributed by atoms with Gasteiger partial charge < -0.3 is 25.0 Å². The molecule has 2 fully saturated rings. The fourth-order valence-electron chi connectivity index (χ4n) is 5.54. The van der Waals surface area contributed by atoms with Crippen LogP contribution >= 0.6 is 0 Å². The van der Waals surface area contributed by atoms with Gasteiger partial charge in [-0.2, -0.15) is 4.39 Å². The molecule has 2 aliphatic heterocycles. The summed E-state index contributed by atoms with van der Waals surface area (Å²) in [4.78, 5) is 30.5. The van der Waals surface area contributed by atoms with Gasteiger partial charge in [-0.3, -0.25) is 9.30 Å². The summed E-state index contributed by atoms with van der Waals surface area (Å²) in [5, 5.41) is 12.6. The van der Waals surface area contributed by atoms with Gasteiger partial charge in [0.2, 0.25) is 5.82 Å². The first-order chi connectivity index (χ1) is 20.4. The number of piperazine rings is 1. The molecule has 4 aromatic rings. The monoisotopic (exact) mass is 578 g/mol. The molecule has 0 bridgehead atoms. The van der Waals surface area contributed by atoms with Crippen LogP contribution in [-0.4, -0.2) is 92.8 Å². The lowest BCUT2D eigenvalue weighted by Gasteiger charge is -2.36. The Morgan fingerprint density at radius 2 is 1.86 bits per heavy atom. The maximum absolute atomic E-state index is 16.1. The van der Waals surface area contributed by atoms with Gasteiger partial charge in [0.1, 0.15) is 22.9 Å². The third kappa shape index (κ3) is 5.77. The van der Waals surface area contributed by atoms with Gasteiger partial charge in [-0.05, 0) is 42.7 Å². The number of hydrogen-bond acceptors (Lipinski definition) is 8. The summed E-state index contributed by atoms with van der Waals surface area (Å²) in [5.74, 6) is 0.0727. The van der Waals surface area contributed by atoms with Crippen molar-refractivity contribution in [3.8, 4) is 17.3 Å². The van der Waals surface area contributed by atoms with Crippen molar-refractivity contribution in [2.45, 2.75) is 25.4 Å². The molecule has 6 rings (SSSR count). The van der Waals surface area contributed by atoms with E-state index in [1.807, 2.05) is 29.2 Å². The number of amides is 1. The van der Waals surface area contributed by atoms with Gasteiger partial charge in [0, 0.05) is 58.1 Å². The standard InChI is InChI=1S/C29H32F2N8O3/c1-42-22-7-4-19(5-8-22)16-36-11-13-37(14-12-36)28-25(31)27(33-21-3-2-10-38(18-21)29(40)41)34-26(35-28)23-15-32-24-9-6-20(30)17-39(23)24/h4-9,15,17,21H,2-3,10-14,16,18H2,1H3,(H,40,41)(H,33,34,35). The fraction of sp³-hybridized carbons (Fsp3) is 0.379. The average molecular weight is 579 g/mol. The van der Waals surface area contributed by atoms with E-state index in [-0.39, 0.29) is 30.0 Å². The quantitative estimate of drug-likeness (QED) is 0.337. The summed E-state index contributed by atoms with van der Waals surface area (Å²) in [6, 6.07) is 10.5. The number of halogens is 2. The molecule has 42 heavy (non-hydrogen) atoms. The number of likely N-dealkylation sites (tertiary alicyclic amines) is 1. The Hall–Kier alpha value is -4.52. The molecule has 1 unspecified atom stereocenters. The number of methoxy groups -OCH3 is 1. The number of fused-ring (bicyclic) bond motifs is 1. The first-order valence-corrected chi connectivity index (χ1v) is 13.9. The highest BCUT2D eigenvalue weighted by molar-refractivity contribution is 5.66. The van der Waals surface area contributed by atoms with E-state index in [1.165, 1.54) is 27.8 Å². The summed E-state index contributed by atoms with van der Waals surface area (Å²) in [6.07, 6.45) is 3.14. The van der Waals surface area contributed by atoms with Crippen LogP contribution < -0.4 is 15.0 Å². The summed E-state index contributed by atoms with van der Waals surface area (Å²) in [7, 11) is 1.64. The summed E-state index contributed by atoms with van der Waals surface area (Å²) in [6.45, 7) is 3.90. The van der Waals surface area contributed by atoms with E-state index < -0.39 is 17.7 Å². The number of nitrogens with one attached hydrogen (secondary N) is 1. The Balaban J connectivity index is 1.28. The van der Waals surface area contributed by atoms with Crippen LogP contribution in [0.25, 0.3) is 17.2 Å². The average Bonchev–Trinajstić information content (AvgIpc) is 3.42. The molecule has 0 saturated carbocycles. The van der Waals surface area contributed by atoms with E-state index in [2.05, 4.69) is 25.2 Å². The highest BCUT2D eigenvalue weighted by atomic mass is 19.1. The molecule has 1 amide bonds. The van der Waals surface area contributed by atoms with Crippen molar-refractivity contribution in [1.82, 2.24) is 29.2 Å². The highest BCUT2D eigenvalue weighted by Crippen LogP contribution is 2.30. The van der Waals surface area contributed by atoms with E-state index >= 15 is 4.39 Å². The first kappa shape index (κ1) is 27.6. The minimum atomic E-state index is -1.01. The molecule has 2 saturated heterocycles. The zero-order valence-electron chi connectivity index (χ0n) is 23.2. The maximum atomic E-state index is 16.1. The number of imidazole rings is 1. The smallest absolute Gasteiger partial charge is 0.407 e. The second-order valence-electron chi connectivity index (χ2n) is 10.6. The highest BCUT2D eigenvalue weighted by Gasteiger charge is 2.28. The van der Waals surface area contributed by atoms with Gasteiger partial charge in [-0.25, -0.2) is 24.1 Å². The molecule has 2 aliphatic rings. The van der Waals surface area contributed by atoms with E-state index in [0.717, 1.165) is 17.9 Å². The molecule has 1 aromatic carbocycles. The van der Waals surface area contributed by atoms with Gasteiger partial charge in [-0.1, -0.05) is 12.1 Å². The van der Waals surface area contributed by atoms with E-state index in [4.69, 9.17) is 4.74 Å². The second-order valence-corrected chi connectivity index (χ2v) is 10.6. The minimum absolute atomic E-state index is 0.0146. The zero-order chi connectivity index (χ0) is 29.2. The number of nitrogens with zero attached hydrogens (tertiary/aromatic N) is 7. The number of hydrogen-bond donors (Lipinski definition) is 2. The number of anilines is 2. The number of pyridine rings is 1. The van der Waals surface area contributed by atoms with Crippen molar-refractivity contribution < 1.29 is 23.4 Å². The van der Waals surface area contributed by atoms with Crippen molar-refractivity contribution in [2.75, 3.05) is 56.6 Å². The van der Waals surface area contributed by atoms with E-state index in [0.29, 0.717) is 56.9 Å². The number of piperidine rings is 1. The minimum Gasteiger partial charge on any atom is -0.497 e. The molecule has 220 valence electrons. The number of carbonyl (C=O) groups is 1. The third-order valence-corrected chi connectivity index (χ3v) is 7.80. The van der Waals surface area contributed by atoms with Crippen LogP contribution in [0, 0.1) is 11.6 Å². The van der Waals surface area contributed by atoms with Gasteiger partial charge in [-0.15, -0.1) is 0 Å². The molecule has 3 aromatic heterocycles. The molecule has 0 aliphatic carbocycles. The van der Waals surface area contributed by atoms with Crippen molar-refractivity contribution in [3.63, 3.8) is 0 Å². The van der Waals surface area contributed by atoms with Crippen LogP contribution in [0.2, 0.25) is 0 Å². The largest absolute Gasteiger partial charge is 0.497 e. The van der Waals surface area contributed by atoms with Gasteiger partial charge in [0.15, 0.2) is 17.5 Å². The lowest BCUT2D eigenvalue weighted by Crippen LogP contribution is -2.47. The molecule has 0 radical (unpaired) electrons. The SMILES string of the molecule is COc1ccc(CN2CCN(c3nc(-c4cnc5ccc(F)cn45)nc(NC4CCCN(C(=O)O)C4)c3F)CC2)cc1. The predicted molar refractivity (Wildman–Crippen MR) is 153 cm³/mol. The fourth-order valence-corrected chi connectivity index (χ4v) is 5.54. The van der Waals surface area contributed by atoms with Crippen molar-refractivity contribution in [3.05, 3.63) is 66.0 Å². The van der Waals surface area contributed by atoms with E-state index in [9.17, 15) is 14.3 Å². The Morgan fingerprint density at radius 3 is 2.60 bits per heavy atom. The summed E-state index contributed by atoms with van der Waals surface area (Å²) >= 11 is 0. The Bertz CT molecular complexity index is 1570. The number of aromatic nitrogens is 4. The molecule has 0 spiro atoms. The van der Waals surface area contributed by atoms with Crippen molar-refractivity contribution in [1.29, 1.82) is 0 Å². The molecular formula is C29H32F2N8O3. The maximum Gasteiger partial charge on any atom is 0.407 e. The van der Waals surface area contributed by atoms with Gasteiger partial charge >= 0.3 is 6.09 Å². The molecule has 13 heteroatoms. The van der Waals surface area contributed by atoms with Crippen LogP contribution in [0.5, 0.6) is 5.75 Å². The molecule has 1 atom stereocenters. The Kier molecular flexibility index (Phi) is 7.74. The number of carboxylic acid groups (broad SMARTS) is 1. The van der Waals surface area contributed by atoms with Gasteiger partial charge in [0.05, 0.1) is 13.3 Å². The van der Waals surface area contributed by atoms with Gasteiger partial charge in [0.25, 0.3) is 0 Å².